The van der Waals surface area contributed by atoms with Crippen LogP contribution in [-0.4, -0.2) is 32.4 Å². The predicted molar refractivity (Wildman–Crippen MR) is 137 cm³/mol. The number of hydrogen-bond acceptors (Lipinski definition) is 6. The van der Waals surface area contributed by atoms with Gasteiger partial charge in [0.1, 0.15) is 19.0 Å². The molecule has 1 N–H and O–H groups in total. The predicted octanol–water partition coefficient (Wildman–Crippen LogP) is 5.79. The van der Waals surface area contributed by atoms with Crippen LogP contribution in [0.4, 0.5) is 4.39 Å². The van der Waals surface area contributed by atoms with Crippen molar-refractivity contribution in [2.75, 3.05) is 20.3 Å². The van der Waals surface area contributed by atoms with E-state index in [4.69, 9.17) is 30.5 Å². The number of halogens is 2. The fraction of sp³-hybridized carbons (Fsp3) is 0.185. The summed E-state index contributed by atoms with van der Waals surface area (Å²) in [6.45, 7) is 6.23. The lowest BCUT2D eigenvalue weighted by atomic mass is 10.2. The Morgan fingerprint density at radius 3 is 2.64 bits per heavy atom. The van der Waals surface area contributed by atoms with E-state index in [1.807, 2.05) is 6.92 Å². The lowest BCUT2D eigenvalue weighted by molar-refractivity contribution is 0.0954. The lowest BCUT2D eigenvalue weighted by Crippen LogP contribution is -2.17. The summed E-state index contributed by atoms with van der Waals surface area (Å²) in [5, 5.41) is 4.30. The smallest absolute Gasteiger partial charge is 0.271 e. The molecule has 0 radical (unpaired) electrons. The average molecular weight is 513 g/mol. The minimum Gasteiger partial charge on any atom is -0.493 e. The van der Waals surface area contributed by atoms with Crippen LogP contribution in [0.5, 0.6) is 23.0 Å². The van der Waals surface area contributed by atoms with Gasteiger partial charge in [0.2, 0.25) is 0 Å². The van der Waals surface area contributed by atoms with Gasteiger partial charge in [-0.3, -0.25) is 4.79 Å². The van der Waals surface area contributed by atoms with E-state index in [0.29, 0.717) is 52.9 Å². The molecular formula is C27H26ClFN2O5. The second kappa shape index (κ2) is 13.2. The minimum atomic E-state index is -0.439. The van der Waals surface area contributed by atoms with Gasteiger partial charge in [0, 0.05) is 5.56 Å². The van der Waals surface area contributed by atoms with E-state index in [-0.39, 0.29) is 17.4 Å². The van der Waals surface area contributed by atoms with Crippen LogP contribution in [0.15, 0.2) is 72.4 Å². The Labute approximate surface area is 214 Å². The Kier molecular flexibility index (Phi) is 9.71. The van der Waals surface area contributed by atoms with Gasteiger partial charge in [0.25, 0.3) is 5.91 Å². The highest BCUT2D eigenvalue weighted by Gasteiger charge is 2.14. The summed E-state index contributed by atoms with van der Waals surface area (Å²) in [7, 11) is 1.49. The second-order valence-corrected chi connectivity index (χ2v) is 7.75. The minimum absolute atomic E-state index is 0.113. The SMILES string of the molecule is C=CCOc1ccc(C(=O)N/N=C/c2cc(Cl)c(OCc3cccc(F)c3)c(OCC)c2)cc1OC. The first-order valence-corrected chi connectivity index (χ1v) is 11.4. The van der Waals surface area contributed by atoms with Gasteiger partial charge in [-0.05, 0) is 60.5 Å². The maximum atomic E-state index is 13.4. The van der Waals surface area contributed by atoms with E-state index in [1.54, 1.807) is 48.5 Å². The highest BCUT2D eigenvalue weighted by atomic mass is 35.5. The van der Waals surface area contributed by atoms with E-state index < -0.39 is 5.91 Å². The number of carbonyl (C=O) groups excluding carboxylic acids is 1. The number of benzene rings is 3. The van der Waals surface area contributed by atoms with E-state index in [2.05, 4.69) is 17.1 Å². The van der Waals surface area contributed by atoms with E-state index in [0.717, 1.165) is 0 Å². The number of carbonyl (C=O) groups is 1. The number of methoxy groups -OCH3 is 1. The number of hydrazone groups is 1. The van der Waals surface area contributed by atoms with Crippen LogP contribution in [-0.2, 0) is 6.61 Å². The van der Waals surface area contributed by atoms with Crippen molar-refractivity contribution < 1.29 is 28.1 Å². The van der Waals surface area contributed by atoms with Crippen molar-refractivity contribution in [2.24, 2.45) is 5.10 Å². The molecule has 7 nitrogen and oxygen atoms in total. The topological polar surface area (TPSA) is 78.4 Å². The van der Waals surface area contributed by atoms with Gasteiger partial charge in [-0.1, -0.05) is 36.4 Å². The van der Waals surface area contributed by atoms with Crippen molar-refractivity contribution in [3.8, 4) is 23.0 Å². The zero-order valence-corrected chi connectivity index (χ0v) is 20.7. The molecule has 9 heteroatoms. The Morgan fingerprint density at radius 2 is 1.92 bits per heavy atom. The van der Waals surface area contributed by atoms with Crippen LogP contribution in [0.25, 0.3) is 0 Å². The van der Waals surface area contributed by atoms with Gasteiger partial charge in [-0.2, -0.15) is 5.10 Å². The fourth-order valence-corrected chi connectivity index (χ4v) is 3.43. The maximum Gasteiger partial charge on any atom is 0.271 e. The Hall–Kier alpha value is -4.04. The molecule has 36 heavy (non-hydrogen) atoms. The maximum absolute atomic E-state index is 13.4. The Morgan fingerprint density at radius 1 is 1.08 bits per heavy atom. The highest BCUT2D eigenvalue weighted by Crippen LogP contribution is 2.37. The van der Waals surface area contributed by atoms with Crippen molar-refractivity contribution in [3.05, 3.63) is 94.8 Å². The molecule has 0 saturated carbocycles. The third kappa shape index (κ3) is 7.23. The summed E-state index contributed by atoms with van der Waals surface area (Å²) in [6.07, 6.45) is 3.04. The zero-order chi connectivity index (χ0) is 25.9. The molecule has 0 atom stereocenters. The van der Waals surface area contributed by atoms with E-state index >= 15 is 0 Å². The first-order valence-electron chi connectivity index (χ1n) is 11.0. The summed E-state index contributed by atoms with van der Waals surface area (Å²) in [5.41, 5.74) is 4.03. The van der Waals surface area contributed by atoms with Gasteiger partial charge in [0.05, 0.1) is 25.0 Å². The number of rotatable bonds is 12. The summed E-state index contributed by atoms with van der Waals surface area (Å²) in [4.78, 5) is 12.5. The average Bonchev–Trinajstić information content (AvgIpc) is 2.87. The fourth-order valence-electron chi connectivity index (χ4n) is 3.15. The van der Waals surface area contributed by atoms with Crippen LogP contribution in [0.2, 0.25) is 5.02 Å². The summed E-state index contributed by atoms with van der Waals surface area (Å²) in [5.74, 6) is 0.844. The van der Waals surface area contributed by atoms with Gasteiger partial charge < -0.3 is 18.9 Å². The molecular weight excluding hydrogens is 487 g/mol. The normalized spacial score (nSPS) is 10.7. The molecule has 0 heterocycles. The molecule has 3 aromatic carbocycles. The summed E-state index contributed by atoms with van der Waals surface area (Å²) >= 11 is 6.43. The molecule has 3 aromatic rings. The molecule has 0 aliphatic heterocycles. The number of amides is 1. The van der Waals surface area contributed by atoms with E-state index in [1.165, 1.54) is 25.5 Å². The second-order valence-electron chi connectivity index (χ2n) is 7.35. The monoisotopic (exact) mass is 512 g/mol. The summed E-state index contributed by atoms with van der Waals surface area (Å²) < 4.78 is 35.7. The first kappa shape index (κ1) is 26.6. The molecule has 0 unspecified atom stereocenters. The number of nitrogens with zero attached hydrogens (tertiary/aromatic N) is 1. The number of hydrogen-bond donors (Lipinski definition) is 1. The zero-order valence-electron chi connectivity index (χ0n) is 19.9. The largest absolute Gasteiger partial charge is 0.493 e. The van der Waals surface area contributed by atoms with Crippen molar-refractivity contribution in [1.29, 1.82) is 0 Å². The quantitative estimate of drug-likeness (QED) is 0.189. The lowest BCUT2D eigenvalue weighted by Gasteiger charge is -2.14. The molecule has 188 valence electrons. The highest BCUT2D eigenvalue weighted by molar-refractivity contribution is 6.32. The third-order valence-corrected chi connectivity index (χ3v) is 5.05. The number of nitrogens with one attached hydrogen (secondary N) is 1. The van der Waals surface area contributed by atoms with E-state index in [9.17, 15) is 9.18 Å². The van der Waals surface area contributed by atoms with Crippen LogP contribution >= 0.6 is 11.6 Å². The van der Waals surface area contributed by atoms with Gasteiger partial charge in [-0.15, -0.1) is 0 Å². The molecule has 0 bridgehead atoms. The van der Waals surface area contributed by atoms with Gasteiger partial charge in [0.15, 0.2) is 23.0 Å². The molecule has 0 saturated heterocycles. The first-order chi connectivity index (χ1) is 17.4. The van der Waals surface area contributed by atoms with Crippen LogP contribution < -0.4 is 24.4 Å². The summed E-state index contributed by atoms with van der Waals surface area (Å²) in [6, 6.07) is 14.2. The molecule has 0 aliphatic rings. The van der Waals surface area contributed by atoms with Crippen molar-refractivity contribution in [3.63, 3.8) is 0 Å². The Balaban J connectivity index is 1.70. The van der Waals surface area contributed by atoms with Gasteiger partial charge in [-0.25, -0.2) is 9.82 Å². The Bertz CT molecular complexity index is 1250. The molecule has 0 fully saturated rings. The van der Waals surface area contributed by atoms with Crippen LogP contribution in [0.1, 0.15) is 28.4 Å². The van der Waals surface area contributed by atoms with Crippen molar-refractivity contribution in [2.45, 2.75) is 13.5 Å². The van der Waals surface area contributed by atoms with Crippen LogP contribution in [0.3, 0.4) is 0 Å². The van der Waals surface area contributed by atoms with Gasteiger partial charge >= 0.3 is 0 Å². The molecule has 1 amide bonds. The molecule has 3 rings (SSSR count). The third-order valence-electron chi connectivity index (χ3n) is 4.77. The van der Waals surface area contributed by atoms with Crippen LogP contribution in [0, 0.1) is 5.82 Å². The standard InChI is InChI=1S/C27H26ClFN2O5/c1-4-11-35-23-10-9-20(15-24(23)33-3)27(32)31-30-16-19-13-22(28)26(25(14-19)34-5-2)36-17-18-7-6-8-21(29)12-18/h4,6-10,12-16H,1,5,11,17H2,2-3H3,(H,31,32)/b30-16+. The van der Waals surface area contributed by atoms with Crippen molar-refractivity contribution in [1.82, 2.24) is 5.43 Å². The molecule has 0 aliphatic carbocycles. The number of ether oxygens (including phenoxy) is 4. The molecule has 0 aromatic heterocycles. The molecule has 0 spiro atoms. The van der Waals surface area contributed by atoms with Crippen molar-refractivity contribution >= 4 is 23.7 Å².